The highest BCUT2D eigenvalue weighted by atomic mass is 16.5. The van der Waals surface area contributed by atoms with E-state index < -0.39 is 0 Å². The normalized spacial score (nSPS) is 14.1. The van der Waals surface area contributed by atoms with E-state index in [-0.39, 0.29) is 11.8 Å². The molecule has 0 unspecified atom stereocenters. The largest absolute Gasteiger partial charge is 0.339 e. The van der Waals surface area contributed by atoms with Crippen molar-refractivity contribution in [1.29, 1.82) is 0 Å². The van der Waals surface area contributed by atoms with E-state index in [1.807, 2.05) is 42.5 Å². The van der Waals surface area contributed by atoms with Gasteiger partial charge in [0.25, 0.3) is 5.91 Å². The van der Waals surface area contributed by atoms with Gasteiger partial charge in [0, 0.05) is 36.6 Å². The number of H-pyrrole nitrogens is 1. The van der Waals surface area contributed by atoms with Gasteiger partial charge < -0.3 is 9.42 Å². The Balaban J connectivity index is 1.24. The first-order valence-electron chi connectivity index (χ1n) is 8.92. The molecule has 4 aromatic rings. The summed E-state index contributed by atoms with van der Waals surface area (Å²) in [7, 11) is 0. The van der Waals surface area contributed by atoms with Crippen molar-refractivity contribution in [3.63, 3.8) is 0 Å². The van der Waals surface area contributed by atoms with Crippen molar-refractivity contribution >= 4 is 5.91 Å². The lowest BCUT2D eigenvalue weighted by Crippen LogP contribution is -2.48. The number of benzene rings is 1. The van der Waals surface area contributed by atoms with Crippen LogP contribution in [0.3, 0.4) is 0 Å². The molecule has 0 saturated carbocycles. The molecular formula is C20H16N6O2. The van der Waals surface area contributed by atoms with Crippen LogP contribution in [0.5, 0.6) is 0 Å². The topological polar surface area (TPSA) is 101 Å². The molecule has 138 valence electrons. The Hall–Kier alpha value is -3.81. The Morgan fingerprint density at radius 2 is 1.93 bits per heavy atom. The number of carbonyl (C=O) groups excluding carboxylic acids is 1. The van der Waals surface area contributed by atoms with Crippen LogP contribution < -0.4 is 0 Å². The van der Waals surface area contributed by atoms with Crippen LogP contribution in [0.4, 0.5) is 0 Å². The van der Waals surface area contributed by atoms with E-state index in [2.05, 4.69) is 25.3 Å². The van der Waals surface area contributed by atoms with E-state index in [0.717, 1.165) is 16.8 Å². The zero-order valence-corrected chi connectivity index (χ0v) is 14.8. The maximum absolute atomic E-state index is 12.7. The Kier molecular flexibility index (Phi) is 3.93. The van der Waals surface area contributed by atoms with E-state index in [1.165, 1.54) is 0 Å². The van der Waals surface area contributed by atoms with Crippen molar-refractivity contribution in [2.24, 2.45) is 0 Å². The number of carbonyl (C=O) groups is 1. The Morgan fingerprint density at radius 1 is 1.11 bits per heavy atom. The van der Waals surface area contributed by atoms with E-state index >= 15 is 0 Å². The molecule has 0 aliphatic carbocycles. The van der Waals surface area contributed by atoms with Crippen LogP contribution in [0.15, 0.2) is 65.4 Å². The predicted molar refractivity (Wildman–Crippen MR) is 100 cm³/mol. The van der Waals surface area contributed by atoms with Crippen molar-refractivity contribution in [2.45, 2.75) is 5.92 Å². The van der Waals surface area contributed by atoms with Gasteiger partial charge in [0.1, 0.15) is 5.69 Å². The van der Waals surface area contributed by atoms with Gasteiger partial charge in [-0.3, -0.25) is 14.9 Å². The maximum atomic E-state index is 12.7. The van der Waals surface area contributed by atoms with Gasteiger partial charge in [0.15, 0.2) is 0 Å². The minimum Gasteiger partial charge on any atom is -0.339 e. The minimum atomic E-state index is -0.0853. The van der Waals surface area contributed by atoms with Gasteiger partial charge in [-0.25, -0.2) is 0 Å². The average Bonchev–Trinajstić information content (AvgIpc) is 3.38. The molecule has 1 aliphatic rings. The third kappa shape index (κ3) is 2.94. The van der Waals surface area contributed by atoms with Gasteiger partial charge >= 0.3 is 0 Å². The van der Waals surface area contributed by atoms with Crippen molar-refractivity contribution in [1.82, 2.24) is 30.2 Å². The molecule has 0 bridgehead atoms. The fourth-order valence-corrected chi connectivity index (χ4v) is 3.17. The number of hydrogen-bond donors (Lipinski definition) is 1. The number of rotatable bonds is 4. The number of aromatic amines is 1. The fraction of sp³-hybridized carbons (Fsp3) is 0.150. The standard InChI is InChI=1S/C20H16N6O2/c27-20(17-9-16(23-24-17)13-5-2-1-3-6-13)26-11-15(12-26)19-22-18(25-28-19)14-7-4-8-21-10-14/h1-10,15H,11-12H2,(H,23,24). The lowest BCUT2D eigenvalue weighted by molar-refractivity contribution is 0.0563. The molecule has 1 fully saturated rings. The number of nitrogens with one attached hydrogen (secondary N) is 1. The molecule has 1 saturated heterocycles. The van der Waals surface area contributed by atoms with E-state index in [9.17, 15) is 4.79 Å². The van der Waals surface area contributed by atoms with Crippen LogP contribution in [-0.2, 0) is 0 Å². The monoisotopic (exact) mass is 372 g/mol. The van der Waals surface area contributed by atoms with Gasteiger partial charge in [-0.15, -0.1) is 0 Å². The summed E-state index contributed by atoms with van der Waals surface area (Å²) in [6.07, 6.45) is 3.38. The van der Waals surface area contributed by atoms with Gasteiger partial charge in [-0.05, 0) is 18.2 Å². The predicted octanol–water partition coefficient (Wildman–Crippen LogP) is 2.76. The second-order valence-electron chi connectivity index (χ2n) is 6.64. The van der Waals surface area contributed by atoms with Gasteiger partial charge in [0.2, 0.25) is 11.7 Å². The summed E-state index contributed by atoms with van der Waals surface area (Å²) in [4.78, 5) is 22.9. The highest BCUT2D eigenvalue weighted by Gasteiger charge is 2.36. The Labute approximate surface area is 160 Å². The number of nitrogens with zero attached hydrogens (tertiary/aromatic N) is 5. The van der Waals surface area contributed by atoms with Crippen LogP contribution in [-0.4, -0.2) is 49.2 Å². The highest BCUT2D eigenvalue weighted by molar-refractivity contribution is 5.94. The molecule has 1 aliphatic heterocycles. The first-order valence-corrected chi connectivity index (χ1v) is 8.92. The third-order valence-corrected chi connectivity index (χ3v) is 4.76. The van der Waals surface area contributed by atoms with Crippen LogP contribution in [0.2, 0.25) is 0 Å². The average molecular weight is 372 g/mol. The smallest absolute Gasteiger partial charge is 0.271 e. The number of pyridine rings is 1. The molecule has 0 spiro atoms. The maximum Gasteiger partial charge on any atom is 0.271 e. The first-order chi connectivity index (χ1) is 13.8. The van der Waals surface area contributed by atoms with Crippen LogP contribution >= 0.6 is 0 Å². The number of likely N-dealkylation sites (tertiary alicyclic amines) is 1. The summed E-state index contributed by atoms with van der Waals surface area (Å²) in [5, 5.41) is 11.1. The molecule has 0 radical (unpaired) electrons. The van der Waals surface area contributed by atoms with Crippen LogP contribution in [0, 0.1) is 0 Å². The summed E-state index contributed by atoms with van der Waals surface area (Å²) in [5.74, 6) is 1.00. The highest BCUT2D eigenvalue weighted by Crippen LogP contribution is 2.29. The summed E-state index contributed by atoms with van der Waals surface area (Å²) in [5.41, 5.74) is 2.99. The van der Waals surface area contributed by atoms with Crippen molar-refractivity contribution < 1.29 is 9.32 Å². The number of amides is 1. The van der Waals surface area contributed by atoms with E-state index in [1.54, 1.807) is 23.4 Å². The zero-order valence-electron chi connectivity index (χ0n) is 14.8. The van der Waals surface area contributed by atoms with Gasteiger partial charge in [0.05, 0.1) is 11.6 Å². The van der Waals surface area contributed by atoms with E-state index in [4.69, 9.17) is 4.52 Å². The number of aromatic nitrogens is 5. The Bertz CT molecular complexity index is 1100. The molecule has 4 heterocycles. The minimum absolute atomic E-state index is 0.0402. The van der Waals surface area contributed by atoms with Crippen molar-refractivity contribution in [3.8, 4) is 22.6 Å². The quantitative estimate of drug-likeness (QED) is 0.591. The molecule has 3 aromatic heterocycles. The third-order valence-electron chi connectivity index (χ3n) is 4.76. The van der Waals surface area contributed by atoms with Crippen LogP contribution in [0.1, 0.15) is 22.3 Å². The summed E-state index contributed by atoms with van der Waals surface area (Å²) in [6, 6.07) is 15.2. The summed E-state index contributed by atoms with van der Waals surface area (Å²) >= 11 is 0. The van der Waals surface area contributed by atoms with Crippen molar-refractivity contribution in [2.75, 3.05) is 13.1 Å². The molecule has 28 heavy (non-hydrogen) atoms. The molecule has 1 aromatic carbocycles. The molecular weight excluding hydrogens is 356 g/mol. The molecule has 8 heteroatoms. The second-order valence-corrected chi connectivity index (χ2v) is 6.64. The lowest BCUT2D eigenvalue weighted by atomic mass is 9.99. The van der Waals surface area contributed by atoms with Crippen LogP contribution in [0.25, 0.3) is 22.6 Å². The summed E-state index contributed by atoms with van der Waals surface area (Å²) < 4.78 is 5.37. The number of hydrogen-bond acceptors (Lipinski definition) is 6. The fourth-order valence-electron chi connectivity index (χ4n) is 3.17. The molecule has 8 nitrogen and oxygen atoms in total. The zero-order chi connectivity index (χ0) is 18.9. The Morgan fingerprint density at radius 3 is 2.71 bits per heavy atom. The van der Waals surface area contributed by atoms with Crippen molar-refractivity contribution in [3.05, 3.63) is 72.5 Å². The van der Waals surface area contributed by atoms with E-state index in [0.29, 0.717) is 30.5 Å². The molecule has 1 amide bonds. The SMILES string of the molecule is O=C(c1cc(-c2ccccc2)n[nH]1)N1CC(c2nc(-c3cccnc3)no2)C1. The van der Waals surface area contributed by atoms with Gasteiger partial charge in [-0.1, -0.05) is 35.5 Å². The molecule has 1 N–H and O–H groups in total. The van der Waals surface area contributed by atoms with Gasteiger partial charge in [-0.2, -0.15) is 10.1 Å². The second kappa shape index (κ2) is 6.73. The summed E-state index contributed by atoms with van der Waals surface area (Å²) in [6.45, 7) is 1.07. The molecule has 0 atom stereocenters. The first kappa shape index (κ1) is 16.4. The molecule has 5 rings (SSSR count). The lowest BCUT2D eigenvalue weighted by Gasteiger charge is -2.36.